The maximum Gasteiger partial charge on any atom is 0.251 e. The Morgan fingerprint density at radius 3 is 2.40 bits per heavy atom. The summed E-state index contributed by atoms with van der Waals surface area (Å²) in [5.74, 6) is -3.40. The van der Waals surface area contributed by atoms with Crippen molar-refractivity contribution in [3.8, 4) is 0 Å². The van der Waals surface area contributed by atoms with Crippen molar-refractivity contribution in [2.24, 2.45) is 5.92 Å². The lowest BCUT2D eigenvalue weighted by molar-refractivity contribution is -0.141. The standard InChI is InChI=1S/C38H47N7O7/c1-22(2)17-30-35(49)41-23(3)38(52)45-21-27(46)20-32(45)37(51)40-16-8-12-29(42-33(47)26-13-14-28-25(19-26)11-7-15-39-28)34(48)44-31(36(50)43-30)18-24-9-5-4-6-10-24/h4-7,9-11,13-15,19,22-23,27,29-32,46H,8,12,16-18,20-21H2,1-3H3,(H,40,51)(H,41,49)(H,42,47)(H,43,50)(H,44,48)/t23-,27+,29-,30-,31+,32-/m0/s1. The zero-order valence-electron chi connectivity index (χ0n) is 29.6. The van der Waals surface area contributed by atoms with E-state index in [1.54, 1.807) is 30.5 Å². The number of hydrogen-bond donors (Lipinski definition) is 6. The molecule has 1 aromatic heterocycles. The van der Waals surface area contributed by atoms with Crippen molar-refractivity contribution in [1.29, 1.82) is 0 Å². The van der Waals surface area contributed by atoms with Gasteiger partial charge >= 0.3 is 0 Å². The minimum Gasteiger partial charge on any atom is -0.391 e. The van der Waals surface area contributed by atoms with E-state index in [9.17, 15) is 33.9 Å². The van der Waals surface area contributed by atoms with E-state index in [0.717, 1.165) is 10.9 Å². The molecule has 5 rings (SSSR count). The van der Waals surface area contributed by atoms with E-state index >= 15 is 0 Å². The van der Waals surface area contributed by atoms with Gasteiger partial charge in [0.2, 0.25) is 29.5 Å². The van der Waals surface area contributed by atoms with E-state index < -0.39 is 71.8 Å². The average Bonchev–Trinajstić information content (AvgIpc) is 3.52. The summed E-state index contributed by atoms with van der Waals surface area (Å²) in [6, 6.07) is 12.3. The molecule has 0 aliphatic carbocycles. The highest BCUT2D eigenvalue weighted by Crippen LogP contribution is 2.20. The Kier molecular flexibility index (Phi) is 12.5. The second kappa shape index (κ2) is 17.2. The molecular formula is C38H47N7O7. The molecule has 0 unspecified atom stereocenters. The Morgan fingerprint density at radius 2 is 1.65 bits per heavy atom. The summed E-state index contributed by atoms with van der Waals surface area (Å²) in [6.45, 7) is 5.29. The second-order valence-corrected chi connectivity index (χ2v) is 13.9. The van der Waals surface area contributed by atoms with E-state index in [4.69, 9.17) is 0 Å². The van der Waals surface area contributed by atoms with Gasteiger partial charge in [-0.25, -0.2) is 0 Å². The minimum absolute atomic E-state index is 0.0233. The van der Waals surface area contributed by atoms with Crippen molar-refractivity contribution < 1.29 is 33.9 Å². The predicted octanol–water partition coefficient (Wildman–Crippen LogP) is 0.968. The number of carbonyl (C=O) groups is 6. The molecule has 3 aromatic rings. The summed E-state index contributed by atoms with van der Waals surface area (Å²) in [7, 11) is 0. The van der Waals surface area contributed by atoms with Crippen LogP contribution in [0.1, 0.15) is 62.4 Å². The van der Waals surface area contributed by atoms with Crippen LogP contribution in [-0.2, 0) is 30.4 Å². The number of fused-ring (bicyclic) bond motifs is 2. The van der Waals surface area contributed by atoms with Crippen molar-refractivity contribution in [3.05, 3.63) is 78.0 Å². The van der Waals surface area contributed by atoms with Gasteiger partial charge in [0.25, 0.3) is 5.91 Å². The summed E-state index contributed by atoms with van der Waals surface area (Å²) in [4.78, 5) is 87.5. The fourth-order valence-corrected chi connectivity index (χ4v) is 6.60. The first kappa shape index (κ1) is 37.9. The molecule has 2 aliphatic rings. The zero-order valence-corrected chi connectivity index (χ0v) is 29.6. The van der Waals surface area contributed by atoms with Crippen LogP contribution in [0.2, 0.25) is 0 Å². The van der Waals surface area contributed by atoms with Gasteiger partial charge in [-0.2, -0.15) is 0 Å². The maximum absolute atomic E-state index is 14.0. The van der Waals surface area contributed by atoms with Crippen molar-refractivity contribution >= 4 is 46.3 Å². The molecule has 6 amide bonds. The Hall–Kier alpha value is -5.37. The van der Waals surface area contributed by atoms with Gasteiger partial charge < -0.3 is 36.6 Å². The van der Waals surface area contributed by atoms with Gasteiger partial charge in [-0.15, -0.1) is 0 Å². The third kappa shape index (κ3) is 9.69. The van der Waals surface area contributed by atoms with E-state index in [2.05, 4.69) is 31.6 Å². The van der Waals surface area contributed by atoms with Gasteiger partial charge in [-0.05, 0) is 61.9 Å². The van der Waals surface area contributed by atoms with Crippen LogP contribution in [0, 0.1) is 5.92 Å². The number of nitrogens with zero attached hydrogens (tertiary/aromatic N) is 2. The van der Waals surface area contributed by atoms with Crippen LogP contribution in [0.4, 0.5) is 0 Å². The number of hydrogen-bond acceptors (Lipinski definition) is 8. The van der Waals surface area contributed by atoms with Gasteiger partial charge in [0.15, 0.2) is 0 Å². The van der Waals surface area contributed by atoms with Crippen LogP contribution in [0.3, 0.4) is 0 Å². The Labute approximate surface area is 302 Å². The predicted molar refractivity (Wildman–Crippen MR) is 192 cm³/mol. The van der Waals surface area contributed by atoms with Gasteiger partial charge in [-0.3, -0.25) is 33.8 Å². The summed E-state index contributed by atoms with van der Waals surface area (Å²) < 4.78 is 0. The zero-order chi connectivity index (χ0) is 37.4. The highest BCUT2D eigenvalue weighted by atomic mass is 16.3. The van der Waals surface area contributed by atoms with E-state index in [0.29, 0.717) is 11.1 Å². The lowest BCUT2D eigenvalue weighted by Crippen LogP contribution is -2.59. The quantitative estimate of drug-likeness (QED) is 0.217. The molecule has 14 heteroatoms. The van der Waals surface area contributed by atoms with Crippen LogP contribution >= 0.6 is 0 Å². The number of aliphatic hydroxyl groups excluding tert-OH is 1. The van der Waals surface area contributed by atoms with Crippen LogP contribution in [-0.4, -0.2) is 99.8 Å². The number of carbonyl (C=O) groups excluding carboxylic acids is 6. The van der Waals surface area contributed by atoms with E-state index in [-0.39, 0.29) is 51.1 Å². The minimum atomic E-state index is -1.13. The van der Waals surface area contributed by atoms with Gasteiger partial charge in [0.1, 0.15) is 30.2 Å². The van der Waals surface area contributed by atoms with Gasteiger partial charge in [0, 0.05) is 43.1 Å². The van der Waals surface area contributed by atoms with Crippen LogP contribution in [0.25, 0.3) is 10.9 Å². The highest BCUT2D eigenvalue weighted by molar-refractivity contribution is 6.01. The molecular weight excluding hydrogens is 666 g/mol. The van der Waals surface area contributed by atoms with Crippen molar-refractivity contribution in [2.75, 3.05) is 13.1 Å². The molecule has 2 fully saturated rings. The monoisotopic (exact) mass is 713 g/mol. The molecule has 3 heterocycles. The van der Waals surface area contributed by atoms with E-state index in [1.807, 2.05) is 50.2 Å². The largest absolute Gasteiger partial charge is 0.391 e. The van der Waals surface area contributed by atoms with Crippen molar-refractivity contribution in [3.63, 3.8) is 0 Å². The number of aliphatic hydroxyl groups is 1. The van der Waals surface area contributed by atoms with Crippen LogP contribution in [0.15, 0.2) is 66.9 Å². The van der Waals surface area contributed by atoms with E-state index in [1.165, 1.54) is 11.8 Å². The summed E-state index contributed by atoms with van der Waals surface area (Å²) >= 11 is 0. The number of benzene rings is 2. The number of pyridine rings is 1. The molecule has 6 N–H and O–H groups in total. The molecule has 2 saturated heterocycles. The fraction of sp³-hybridized carbons (Fsp3) is 0.447. The van der Waals surface area contributed by atoms with Crippen molar-refractivity contribution in [1.82, 2.24) is 36.5 Å². The topological polar surface area (TPSA) is 199 Å². The number of nitrogens with one attached hydrogen (secondary N) is 5. The van der Waals surface area contributed by atoms with Crippen LogP contribution in [0.5, 0.6) is 0 Å². The first-order chi connectivity index (χ1) is 24.9. The van der Waals surface area contributed by atoms with Gasteiger partial charge in [0.05, 0.1) is 11.6 Å². The maximum atomic E-state index is 14.0. The third-order valence-corrected chi connectivity index (χ3v) is 9.31. The molecule has 0 spiro atoms. The smallest absolute Gasteiger partial charge is 0.251 e. The molecule has 0 radical (unpaired) electrons. The Balaban J connectivity index is 1.45. The molecule has 276 valence electrons. The normalized spacial score (nSPS) is 25.3. The third-order valence-electron chi connectivity index (χ3n) is 9.31. The summed E-state index contributed by atoms with van der Waals surface area (Å²) in [5, 5.41) is 25.1. The molecule has 2 aromatic carbocycles. The fourth-order valence-electron chi connectivity index (χ4n) is 6.60. The molecule has 2 aliphatic heterocycles. The van der Waals surface area contributed by atoms with Gasteiger partial charge in [-0.1, -0.05) is 50.2 Å². The average molecular weight is 714 g/mol. The highest BCUT2D eigenvalue weighted by Gasteiger charge is 2.41. The molecule has 0 bridgehead atoms. The Bertz CT molecular complexity index is 1790. The molecule has 52 heavy (non-hydrogen) atoms. The SMILES string of the molecule is CC(C)C[C@@H]1NC(=O)[C@@H](Cc2ccccc2)NC(=O)[C@@H](NC(=O)c2ccc3ncccc3c2)CCCNC(=O)[C@@H]2C[C@@H](O)CN2C(=O)[C@H](C)NC1=O. The Morgan fingerprint density at radius 1 is 0.923 bits per heavy atom. The number of aromatic nitrogens is 1. The first-order valence-electron chi connectivity index (χ1n) is 17.8. The summed E-state index contributed by atoms with van der Waals surface area (Å²) in [5.41, 5.74) is 1.76. The molecule has 14 nitrogen and oxygen atoms in total. The molecule has 6 atom stereocenters. The van der Waals surface area contributed by atoms with Crippen LogP contribution < -0.4 is 26.6 Å². The molecule has 0 saturated carbocycles. The summed E-state index contributed by atoms with van der Waals surface area (Å²) in [6.07, 6.45) is 1.42. The number of rotatable bonds is 6. The first-order valence-corrected chi connectivity index (χ1v) is 17.8. The lowest BCUT2D eigenvalue weighted by Gasteiger charge is -2.29. The number of amides is 6. The lowest BCUT2D eigenvalue weighted by atomic mass is 10.00. The second-order valence-electron chi connectivity index (χ2n) is 13.9. The van der Waals surface area contributed by atoms with Crippen molar-refractivity contribution in [2.45, 2.75) is 89.2 Å².